The fourth-order valence-corrected chi connectivity index (χ4v) is 2.15. The number of nitrogens with two attached hydrogens (primary N) is 2. The van der Waals surface area contributed by atoms with E-state index in [0.717, 1.165) is 37.6 Å². The van der Waals surface area contributed by atoms with Gasteiger partial charge in [0.25, 0.3) is 0 Å². The van der Waals surface area contributed by atoms with Gasteiger partial charge in [-0.15, -0.1) is 0 Å². The predicted molar refractivity (Wildman–Crippen MR) is 94.7 cm³/mol. The van der Waals surface area contributed by atoms with Crippen molar-refractivity contribution in [3.63, 3.8) is 0 Å². The van der Waals surface area contributed by atoms with E-state index in [4.69, 9.17) is 11.5 Å². The van der Waals surface area contributed by atoms with Gasteiger partial charge in [-0.05, 0) is 18.9 Å². The number of piperazine rings is 1. The average molecular weight is 302 g/mol. The highest BCUT2D eigenvalue weighted by atomic mass is 15.2. The van der Waals surface area contributed by atoms with Crippen molar-refractivity contribution < 1.29 is 0 Å². The van der Waals surface area contributed by atoms with Gasteiger partial charge in [0.05, 0.1) is 5.70 Å². The molecular weight excluding hydrogens is 276 g/mol. The molecule has 1 saturated heterocycles. The SMILES string of the molecule is C=N/C=C(N)/C(=C\N)c1ccc(N2CCNCC2)nc1.CC. The standard InChI is InChI=1S/C14H20N6.C2H6/c1-17-10-13(16)12(8-15)11-2-3-14(19-9-11)20-6-4-18-5-7-20;1-2/h2-3,8-10,18H,1,4-7,15-16H2;1-2H3/b12-8-,13-10-;. The third-order valence-corrected chi connectivity index (χ3v) is 3.21. The molecule has 0 spiro atoms. The lowest BCUT2D eigenvalue weighted by atomic mass is 10.1. The molecule has 1 aliphatic heterocycles. The van der Waals surface area contributed by atoms with Crippen LogP contribution in [0.4, 0.5) is 5.82 Å². The molecule has 6 heteroatoms. The number of hydrogen-bond donors (Lipinski definition) is 3. The highest BCUT2D eigenvalue weighted by molar-refractivity contribution is 5.77. The van der Waals surface area contributed by atoms with Crippen LogP contribution >= 0.6 is 0 Å². The minimum absolute atomic E-state index is 0.472. The molecule has 1 aromatic rings. The van der Waals surface area contributed by atoms with Crippen molar-refractivity contribution in [1.82, 2.24) is 10.3 Å². The van der Waals surface area contributed by atoms with Crippen LogP contribution in [0.3, 0.4) is 0 Å². The third-order valence-electron chi connectivity index (χ3n) is 3.21. The Morgan fingerprint density at radius 1 is 1.36 bits per heavy atom. The Labute approximate surface area is 132 Å². The molecular formula is C16H26N6. The molecule has 2 rings (SSSR count). The number of allylic oxidation sites excluding steroid dienone is 1. The second-order valence-electron chi connectivity index (χ2n) is 4.49. The average Bonchev–Trinajstić information content (AvgIpc) is 2.59. The molecule has 0 aliphatic carbocycles. The van der Waals surface area contributed by atoms with E-state index in [2.05, 4.69) is 26.9 Å². The highest BCUT2D eigenvalue weighted by Gasteiger charge is 2.12. The molecule has 120 valence electrons. The Morgan fingerprint density at radius 2 is 2.05 bits per heavy atom. The van der Waals surface area contributed by atoms with Gasteiger partial charge in [-0.1, -0.05) is 13.8 Å². The number of nitrogens with one attached hydrogen (secondary N) is 1. The normalized spacial score (nSPS) is 15.8. The zero-order valence-electron chi connectivity index (χ0n) is 13.4. The summed E-state index contributed by atoms with van der Waals surface area (Å²) in [5, 5.41) is 3.32. The number of anilines is 1. The summed E-state index contributed by atoms with van der Waals surface area (Å²) >= 11 is 0. The first-order valence-corrected chi connectivity index (χ1v) is 7.52. The first-order valence-electron chi connectivity index (χ1n) is 7.52. The van der Waals surface area contributed by atoms with Crippen molar-refractivity contribution in [1.29, 1.82) is 0 Å². The van der Waals surface area contributed by atoms with Crippen molar-refractivity contribution in [2.24, 2.45) is 16.5 Å². The van der Waals surface area contributed by atoms with Crippen molar-refractivity contribution in [2.75, 3.05) is 31.1 Å². The van der Waals surface area contributed by atoms with Crippen molar-refractivity contribution in [3.8, 4) is 0 Å². The second kappa shape index (κ2) is 9.57. The van der Waals surface area contributed by atoms with Crippen LogP contribution in [0.25, 0.3) is 5.57 Å². The Kier molecular flexibility index (Phi) is 7.70. The van der Waals surface area contributed by atoms with Crippen LogP contribution in [0.15, 0.2) is 41.4 Å². The Bertz CT molecular complexity index is 512. The molecule has 1 fully saturated rings. The van der Waals surface area contributed by atoms with Crippen LogP contribution in [-0.4, -0.2) is 37.9 Å². The largest absolute Gasteiger partial charge is 0.404 e. The minimum Gasteiger partial charge on any atom is -0.404 e. The van der Waals surface area contributed by atoms with Gasteiger partial charge in [-0.3, -0.25) is 4.99 Å². The summed E-state index contributed by atoms with van der Waals surface area (Å²) in [4.78, 5) is 10.4. The summed E-state index contributed by atoms with van der Waals surface area (Å²) in [5.74, 6) is 0.969. The van der Waals surface area contributed by atoms with Crippen molar-refractivity contribution in [2.45, 2.75) is 13.8 Å². The van der Waals surface area contributed by atoms with Crippen LogP contribution in [-0.2, 0) is 0 Å². The first-order chi connectivity index (χ1) is 10.8. The van der Waals surface area contributed by atoms with E-state index in [1.54, 1.807) is 6.20 Å². The van der Waals surface area contributed by atoms with Crippen molar-refractivity contribution >= 4 is 18.1 Å². The van der Waals surface area contributed by atoms with Gasteiger partial charge >= 0.3 is 0 Å². The van der Waals surface area contributed by atoms with Gasteiger partial charge in [0.15, 0.2) is 0 Å². The molecule has 1 aliphatic rings. The maximum Gasteiger partial charge on any atom is 0.128 e. The zero-order chi connectivity index (χ0) is 16.4. The molecule has 22 heavy (non-hydrogen) atoms. The van der Waals surface area contributed by atoms with Crippen LogP contribution in [0.2, 0.25) is 0 Å². The summed E-state index contributed by atoms with van der Waals surface area (Å²) in [5.41, 5.74) is 13.6. The van der Waals surface area contributed by atoms with Gasteiger partial charge in [0.2, 0.25) is 0 Å². The summed E-state index contributed by atoms with van der Waals surface area (Å²) in [6, 6.07) is 3.95. The van der Waals surface area contributed by atoms with E-state index in [0.29, 0.717) is 11.3 Å². The van der Waals surface area contributed by atoms with Gasteiger partial charge in [0.1, 0.15) is 5.82 Å². The Balaban J connectivity index is 0.00000116. The molecule has 6 nitrogen and oxygen atoms in total. The third kappa shape index (κ3) is 4.60. The summed E-state index contributed by atoms with van der Waals surface area (Å²) in [7, 11) is 0. The number of pyridine rings is 1. The monoisotopic (exact) mass is 302 g/mol. The molecule has 0 unspecified atom stereocenters. The van der Waals surface area contributed by atoms with Gasteiger partial charge in [-0.25, -0.2) is 4.98 Å². The first kappa shape index (κ1) is 17.7. The second-order valence-corrected chi connectivity index (χ2v) is 4.49. The lowest BCUT2D eigenvalue weighted by Crippen LogP contribution is -2.43. The number of aromatic nitrogens is 1. The topological polar surface area (TPSA) is 92.6 Å². The summed E-state index contributed by atoms with van der Waals surface area (Å²) in [6.45, 7) is 11.3. The fourth-order valence-electron chi connectivity index (χ4n) is 2.15. The number of aliphatic imine (C=N–C) groups is 1. The van der Waals surface area contributed by atoms with E-state index < -0.39 is 0 Å². The number of nitrogens with zero attached hydrogens (tertiary/aromatic N) is 3. The Hall–Kier alpha value is -2.34. The van der Waals surface area contributed by atoms with Crippen LogP contribution < -0.4 is 21.7 Å². The van der Waals surface area contributed by atoms with Gasteiger partial charge in [0, 0.05) is 55.9 Å². The smallest absolute Gasteiger partial charge is 0.128 e. The Morgan fingerprint density at radius 3 is 2.55 bits per heavy atom. The van der Waals surface area contributed by atoms with E-state index >= 15 is 0 Å². The lowest BCUT2D eigenvalue weighted by Gasteiger charge is -2.28. The maximum atomic E-state index is 5.88. The van der Waals surface area contributed by atoms with E-state index in [1.165, 1.54) is 12.4 Å². The van der Waals surface area contributed by atoms with Crippen LogP contribution in [0, 0.1) is 0 Å². The van der Waals surface area contributed by atoms with Crippen molar-refractivity contribution in [3.05, 3.63) is 42.0 Å². The fraction of sp³-hybridized carbons (Fsp3) is 0.375. The molecule has 0 bridgehead atoms. The minimum atomic E-state index is 0.472. The lowest BCUT2D eigenvalue weighted by molar-refractivity contribution is 0.585. The van der Waals surface area contributed by atoms with E-state index in [-0.39, 0.29) is 0 Å². The van der Waals surface area contributed by atoms with Gasteiger partial charge in [-0.2, -0.15) is 0 Å². The molecule has 0 radical (unpaired) electrons. The molecule has 1 aromatic heterocycles. The predicted octanol–water partition coefficient (Wildman–Crippen LogP) is 1.32. The quantitative estimate of drug-likeness (QED) is 0.576. The van der Waals surface area contributed by atoms with E-state index in [9.17, 15) is 0 Å². The molecule has 0 aromatic carbocycles. The molecule has 2 heterocycles. The number of rotatable bonds is 4. The zero-order valence-corrected chi connectivity index (χ0v) is 13.4. The van der Waals surface area contributed by atoms with Gasteiger partial charge < -0.3 is 21.7 Å². The summed E-state index contributed by atoms with van der Waals surface area (Å²) < 4.78 is 0. The highest BCUT2D eigenvalue weighted by Crippen LogP contribution is 2.20. The van der Waals surface area contributed by atoms with Crippen LogP contribution in [0.1, 0.15) is 19.4 Å². The molecule has 0 amide bonds. The molecule has 0 atom stereocenters. The number of hydrogen-bond acceptors (Lipinski definition) is 6. The summed E-state index contributed by atoms with van der Waals surface area (Å²) in [6.07, 6.45) is 4.71. The van der Waals surface area contributed by atoms with Crippen LogP contribution in [0.5, 0.6) is 0 Å². The van der Waals surface area contributed by atoms with E-state index in [1.807, 2.05) is 26.0 Å². The molecule has 0 saturated carbocycles. The maximum absolute atomic E-state index is 5.88. The molecule has 5 N–H and O–H groups in total.